The fourth-order valence-electron chi connectivity index (χ4n) is 2.21. The van der Waals surface area contributed by atoms with Crippen LogP contribution in [0.4, 0.5) is 5.69 Å². The minimum absolute atomic E-state index is 0.0532. The molecule has 0 spiro atoms. The SMILES string of the molecule is COC(=O)c1ccc(NC(=O)C[NH+](C)Cc2sccc2C)cc1. The molecule has 0 aliphatic carbocycles. The molecule has 1 atom stereocenters. The Bertz CT molecular complexity index is 679. The van der Waals surface area contributed by atoms with Gasteiger partial charge < -0.3 is 15.0 Å². The zero-order valence-corrected chi connectivity index (χ0v) is 14.3. The highest BCUT2D eigenvalue weighted by molar-refractivity contribution is 7.10. The first kappa shape index (κ1) is 17.2. The molecule has 6 heteroatoms. The molecule has 5 nitrogen and oxygen atoms in total. The topological polar surface area (TPSA) is 59.8 Å². The van der Waals surface area contributed by atoms with Gasteiger partial charge in [-0.15, -0.1) is 11.3 Å². The summed E-state index contributed by atoms with van der Waals surface area (Å²) in [5.41, 5.74) is 2.40. The lowest BCUT2D eigenvalue weighted by Crippen LogP contribution is -3.08. The third-order valence-corrected chi connectivity index (χ3v) is 4.51. The van der Waals surface area contributed by atoms with Crippen molar-refractivity contribution in [2.75, 3.05) is 26.0 Å². The van der Waals surface area contributed by atoms with Crippen molar-refractivity contribution in [2.45, 2.75) is 13.5 Å². The van der Waals surface area contributed by atoms with E-state index in [0.29, 0.717) is 17.8 Å². The van der Waals surface area contributed by atoms with E-state index in [1.165, 1.54) is 17.6 Å². The number of nitrogens with one attached hydrogen (secondary N) is 2. The minimum Gasteiger partial charge on any atom is -0.465 e. The molecule has 0 aliphatic rings. The number of amides is 1. The van der Waals surface area contributed by atoms with Gasteiger partial charge in [0.2, 0.25) is 0 Å². The summed E-state index contributed by atoms with van der Waals surface area (Å²) in [6, 6.07) is 8.75. The average Bonchev–Trinajstić information content (AvgIpc) is 2.92. The van der Waals surface area contributed by atoms with Crippen molar-refractivity contribution in [3.05, 3.63) is 51.7 Å². The van der Waals surface area contributed by atoms with E-state index < -0.39 is 5.97 Å². The van der Waals surface area contributed by atoms with Gasteiger partial charge in [-0.1, -0.05) is 0 Å². The summed E-state index contributed by atoms with van der Waals surface area (Å²) in [5, 5.41) is 4.91. The Morgan fingerprint density at radius 1 is 1.22 bits per heavy atom. The van der Waals surface area contributed by atoms with Crippen LogP contribution in [0.25, 0.3) is 0 Å². The number of ether oxygens (including phenoxy) is 1. The lowest BCUT2D eigenvalue weighted by atomic mass is 10.2. The van der Waals surface area contributed by atoms with Gasteiger partial charge in [0.05, 0.1) is 24.6 Å². The Balaban J connectivity index is 1.86. The van der Waals surface area contributed by atoms with Crippen LogP contribution in [-0.2, 0) is 16.1 Å². The molecular formula is C17H21N2O3S+. The van der Waals surface area contributed by atoms with Crippen LogP contribution in [0.1, 0.15) is 20.8 Å². The van der Waals surface area contributed by atoms with Crippen LogP contribution in [0.3, 0.4) is 0 Å². The van der Waals surface area contributed by atoms with Crippen molar-refractivity contribution >= 4 is 28.9 Å². The number of likely N-dealkylation sites (N-methyl/N-ethyl adjacent to an activating group) is 1. The van der Waals surface area contributed by atoms with E-state index in [4.69, 9.17) is 0 Å². The molecule has 0 aliphatic heterocycles. The molecule has 0 saturated heterocycles. The van der Waals surface area contributed by atoms with Gasteiger partial charge in [0, 0.05) is 5.69 Å². The lowest BCUT2D eigenvalue weighted by molar-refractivity contribution is -0.884. The maximum Gasteiger partial charge on any atom is 0.337 e. The summed E-state index contributed by atoms with van der Waals surface area (Å²) in [5.74, 6) is -0.444. The number of thiophene rings is 1. The third-order valence-electron chi connectivity index (χ3n) is 3.48. The molecule has 1 amide bonds. The molecule has 1 unspecified atom stereocenters. The molecule has 0 bridgehead atoms. The molecule has 2 rings (SSSR count). The van der Waals surface area contributed by atoms with E-state index in [0.717, 1.165) is 11.4 Å². The number of methoxy groups -OCH3 is 1. The minimum atomic E-state index is -0.390. The van der Waals surface area contributed by atoms with E-state index in [-0.39, 0.29) is 5.91 Å². The molecule has 2 N–H and O–H groups in total. The maximum atomic E-state index is 12.1. The number of hydrogen-bond acceptors (Lipinski definition) is 4. The van der Waals surface area contributed by atoms with Crippen molar-refractivity contribution in [2.24, 2.45) is 0 Å². The van der Waals surface area contributed by atoms with Crippen LogP contribution in [0.2, 0.25) is 0 Å². The van der Waals surface area contributed by atoms with Crippen LogP contribution in [0.5, 0.6) is 0 Å². The Labute approximate surface area is 139 Å². The van der Waals surface area contributed by atoms with Crippen molar-refractivity contribution in [3.63, 3.8) is 0 Å². The number of carbonyl (C=O) groups is 2. The molecule has 2 aromatic rings. The molecule has 1 heterocycles. The average molecular weight is 333 g/mol. The van der Waals surface area contributed by atoms with Crippen LogP contribution < -0.4 is 10.2 Å². The Morgan fingerprint density at radius 2 is 1.91 bits per heavy atom. The normalized spacial score (nSPS) is 11.8. The highest BCUT2D eigenvalue weighted by Crippen LogP contribution is 2.13. The van der Waals surface area contributed by atoms with E-state index >= 15 is 0 Å². The van der Waals surface area contributed by atoms with Gasteiger partial charge in [-0.2, -0.15) is 0 Å². The summed E-state index contributed by atoms with van der Waals surface area (Å²) in [7, 11) is 3.34. The first-order valence-corrected chi connectivity index (χ1v) is 8.20. The summed E-state index contributed by atoms with van der Waals surface area (Å²) in [6.45, 7) is 3.30. The van der Waals surface area contributed by atoms with Crippen LogP contribution in [-0.4, -0.2) is 32.6 Å². The Morgan fingerprint density at radius 3 is 2.48 bits per heavy atom. The Kier molecular flexibility index (Phi) is 5.90. The van der Waals surface area contributed by atoms with Crippen LogP contribution in [0, 0.1) is 6.92 Å². The molecular weight excluding hydrogens is 312 g/mol. The summed E-state index contributed by atoms with van der Waals surface area (Å²) < 4.78 is 4.64. The number of carbonyl (C=O) groups excluding carboxylic acids is 2. The molecule has 1 aromatic heterocycles. The van der Waals surface area contributed by atoms with Crippen molar-refractivity contribution in [1.82, 2.24) is 0 Å². The van der Waals surface area contributed by atoms with E-state index in [1.807, 2.05) is 7.05 Å². The smallest absolute Gasteiger partial charge is 0.337 e. The van der Waals surface area contributed by atoms with Gasteiger partial charge >= 0.3 is 5.97 Å². The predicted molar refractivity (Wildman–Crippen MR) is 90.9 cm³/mol. The molecule has 0 radical (unpaired) electrons. The van der Waals surface area contributed by atoms with E-state index in [2.05, 4.69) is 28.4 Å². The molecule has 0 fully saturated rings. The maximum absolute atomic E-state index is 12.1. The second-order valence-electron chi connectivity index (χ2n) is 5.45. The quantitative estimate of drug-likeness (QED) is 0.788. The zero-order valence-electron chi connectivity index (χ0n) is 13.5. The number of benzene rings is 1. The number of anilines is 1. The van der Waals surface area contributed by atoms with Gasteiger partial charge in [0.15, 0.2) is 6.54 Å². The van der Waals surface area contributed by atoms with Gasteiger partial charge in [-0.3, -0.25) is 4.79 Å². The Hall–Kier alpha value is -2.18. The monoisotopic (exact) mass is 333 g/mol. The van der Waals surface area contributed by atoms with Gasteiger partial charge in [-0.25, -0.2) is 4.79 Å². The number of rotatable bonds is 6. The molecule has 1 aromatic carbocycles. The number of aryl methyl sites for hydroxylation is 1. The van der Waals surface area contributed by atoms with Crippen molar-refractivity contribution < 1.29 is 19.2 Å². The second kappa shape index (κ2) is 7.89. The molecule has 122 valence electrons. The summed E-state index contributed by atoms with van der Waals surface area (Å²) in [4.78, 5) is 25.9. The van der Waals surface area contributed by atoms with Crippen LogP contribution >= 0.6 is 11.3 Å². The zero-order chi connectivity index (χ0) is 16.8. The fourth-order valence-corrected chi connectivity index (χ4v) is 3.23. The number of quaternary nitrogens is 1. The van der Waals surface area contributed by atoms with Crippen LogP contribution in [0.15, 0.2) is 35.7 Å². The van der Waals surface area contributed by atoms with Gasteiger partial charge in [-0.05, 0) is 48.2 Å². The largest absolute Gasteiger partial charge is 0.465 e. The first-order chi connectivity index (χ1) is 11.0. The molecule has 0 saturated carbocycles. The summed E-state index contributed by atoms with van der Waals surface area (Å²) >= 11 is 1.72. The third kappa shape index (κ3) is 4.91. The van der Waals surface area contributed by atoms with Crippen molar-refractivity contribution in [1.29, 1.82) is 0 Å². The standard InChI is InChI=1S/C17H20N2O3S/c1-12-8-9-23-15(12)10-19(2)11-16(20)18-14-6-4-13(5-7-14)17(21)22-3/h4-9H,10-11H2,1-3H3,(H,18,20)/p+1. The second-order valence-corrected chi connectivity index (χ2v) is 6.46. The highest BCUT2D eigenvalue weighted by Gasteiger charge is 2.13. The van der Waals surface area contributed by atoms with Gasteiger partial charge in [0.1, 0.15) is 6.54 Å². The van der Waals surface area contributed by atoms with E-state index in [9.17, 15) is 9.59 Å². The molecule has 23 heavy (non-hydrogen) atoms. The number of hydrogen-bond donors (Lipinski definition) is 2. The predicted octanol–water partition coefficient (Wildman–Crippen LogP) is 1.50. The van der Waals surface area contributed by atoms with E-state index in [1.54, 1.807) is 35.6 Å². The fraction of sp³-hybridized carbons (Fsp3) is 0.294. The number of esters is 1. The van der Waals surface area contributed by atoms with Gasteiger partial charge in [0.25, 0.3) is 5.91 Å². The highest BCUT2D eigenvalue weighted by atomic mass is 32.1. The lowest BCUT2D eigenvalue weighted by Gasteiger charge is -2.13. The first-order valence-electron chi connectivity index (χ1n) is 7.32. The summed E-state index contributed by atoms with van der Waals surface area (Å²) in [6.07, 6.45) is 0. The van der Waals surface area contributed by atoms with Crippen molar-refractivity contribution in [3.8, 4) is 0 Å².